The Bertz CT molecular complexity index is 867. The fourth-order valence-corrected chi connectivity index (χ4v) is 4.60. The summed E-state index contributed by atoms with van der Waals surface area (Å²) in [4.78, 5) is 31.3. The zero-order valence-corrected chi connectivity index (χ0v) is 14.2. The van der Waals surface area contributed by atoms with Crippen LogP contribution in [-0.2, 0) is 6.54 Å². The maximum Gasteiger partial charge on any atom is 0.314 e. The molecule has 1 aliphatic heterocycles. The van der Waals surface area contributed by atoms with Crippen molar-refractivity contribution in [3.05, 3.63) is 44.0 Å². The summed E-state index contributed by atoms with van der Waals surface area (Å²) in [7, 11) is 0. The number of piperidine rings is 1. The van der Waals surface area contributed by atoms with E-state index in [0.29, 0.717) is 5.52 Å². The summed E-state index contributed by atoms with van der Waals surface area (Å²) in [6.07, 6.45) is 6.83. The smallest absolute Gasteiger partial charge is 0.314 e. The maximum atomic E-state index is 11.8. The van der Waals surface area contributed by atoms with Crippen LogP contribution >= 0.6 is 0 Å². The van der Waals surface area contributed by atoms with Gasteiger partial charge >= 0.3 is 11.1 Å². The average molecular weight is 327 g/mol. The molecule has 128 valence electrons. The second kappa shape index (κ2) is 6.20. The molecule has 2 N–H and O–H groups in total. The zero-order chi connectivity index (χ0) is 16.7. The van der Waals surface area contributed by atoms with Crippen LogP contribution < -0.4 is 11.1 Å². The summed E-state index contributed by atoms with van der Waals surface area (Å²) in [5.74, 6) is 1.75. The van der Waals surface area contributed by atoms with Crippen LogP contribution in [0.15, 0.2) is 21.7 Å². The van der Waals surface area contributed by atoms with Crippen LogP contribution in [0.5, 0.6) is 0 Å². The van der Waals surface area contributed by atoms with E-state index in [0.717, 1.165) is 48.1 Å². The van der Waals surface area contributed by atoms with Gasteiger partial charge in [-0.05, 0) is 55.3 Å². The van der Waals surface area contributed by atoms with Gasteiger partial charge in [-0.3, -0.25) is 14.5 Å². The van der Waals surface area contributed by atoms with Gasteiger partial charge in [0.15, 0.2) is 0 Å². The van der Waals surface area contributed by atoms with Crippen LogP contribution in [-0.4, -0.2) is 28.0 Å². The van der Waals surface area contributed by atoms with E-state index in [1.54, 1.807) is 0 Å². The van der Waals surface area contributed by atoms with E-state index < -0.39 is 11.1 Å². The summed E-state index contributed by atoms with van der Waals surface area (Å²) in [6.45, 7) is 5.21. The van der Waals surface area contributed by atoms with Crippen molar-refractivity contribution in [3.63, 3.8) is 0 Å². The molecular weight excluding hydrogens is 302 g/mol. The highest BCUT2D eigenvalue weighted by Crippen LogP contribution is 2.36. The van der Waals surface area contributed by atoms with E-state index in [4.69, 9.17) is 0 Å². The second-order valence-corrected chi connectivity index (χ2v) is 7.52. The Labute approximate surface area is 141 Å². The Kier molecular flexibility index (Phi) is 4.04. The number of rotatable bonds is 2. The predicted octanol–water partition coefficient (Wildman–Crippen LogP) is 2.54. The third-order valence-corrected chi connectivity index (χ3v) is 6.00. The lowest BCUT2D eigenvalue weighted by Gasteiger charge is -2.41. The highest BCUT2D eigenvalue weighted by Gasteiger charge is 2.31. The number of hydrogen-bond donors (Lipinski definition) is 2. The molecule has 2 aliphatic rings. The molecule has 5 heteroatoms. The minimum atomic E-state index is -0.583. The lowest BCUT2D eigenvalue weighted by atomic mass is 9.75. The normalized spacial score (nSPS) is 24.9. The first-order valence-corrected chi connectivity index (χ1v) is 9.09. The quantitative estimate of drug-likeness (QED) is 0.833. The first-order chi connectivity index (χ1) is 11.6. The molecule has 0 amide bonds. The van der Waals surface area contributed by atoms with Crippen molar-refractivity contribution in [1.29, 1.82) is 0 Å². The highest BCUT2D eigenvalue weighted by molar-refractivity contribution is 5.78. The van der Waals surface area contributed by atoms with Gasteiger partial charge in [-0.15, -0.1) is 0 Å². The van der Waals surface area contributed by atoms with E-state index in [2.05, 4.69) is 21.8 Å². The summed E-state index contributed by atoms with van der Waals surface area (Å²) >= 11 is 0. The molecule has 24 heavy (non-hydrogen) atoms. The van der Waals surface area contributed by atoms with Crippen molar-refractivity contribution in [2.24, 2.45) is 11.8 Å². The Morgan fingerprint density at radius 2 is 1.79 bits per heavy atom. The molecule has 1 saturated carbocycles. The Hall–Kier alpha value is -1.88. The third kappa shape index (κ3) is 2.81. The van der Waals surface area contributed by atoms with Crippen molar-refractivity contribution in [3.8, 4) is 0 Å². The largest absolute Gasteiger partial charge is 0.316 e. The van der Waals surface area contributed by atoms with Gasteiger partial charge < -0.3 is 9.97 Å². The van der Waals surface area contributed by atoms with Crippen LogP contribution in [0.4, 0.5) is 0 Å². The molecule has 5 nitrogen and oxygen atoms in total. The fourth-order valence-electron chi connectivity index (χ4n) is 4.60. The number of nitrogens with one attached hydrogen (secondary N) is 2. The highest BCUT2D eigenvalue weighted by atomic mass is 16.2. The minimum Gasteiger partial charge on any atom is -0.316 e. The molecule has 1 aromatic carbocycles. The topological polar surface area (TPSA) is 69.0 Å². The molecular formula is C19H25N3O2. The second-order valence-electron chi connectivity index (χ2n) is 7.52. The van der Waals surface area contributed by atoms with Crippen LogP contribution in [0.2, 0.25) is 0 Å². The molecule has 1 aliphatic carbocycles. The molecule has 0 bridgehead atoms. The zero-order valence-electron chi connectivity index (χ0n) is 14.2. The van der Waals surface area contributed by atoms with Crippen LogP contribution in [0.25, 0.3) is 11.0 Å². The number of likely N-dealkylation sites (tertiary alicyclic amines) is 1. The number of fused-ring (bicyclic) bond motifs is 2. The number of nitrogens with zero attached hydrogens (tertiary/aromatic N) is 1. The van der Waals surface area contributed by atoms with Crippen molar-refractivity contribution in [1.82, 2.24) is 14.9 Å². The molecule has 2 unspecified atom stereocenters. The van der Waals surface area contributed by atoms with Crippen LogP contribution in [0.3, 0.4) is 0 Å². The Morgan fingerprint density at radius 3 is 2.62 bits per heavy atom. The molecule has 4 rings (SSSR count). The number of aryl methyl sites for hydroxylation is 1. The van der Waals surface area contributed by atoms with E-state index in [9.17, 15) is 9.59 Å². The molecule has 1 saturated heterocycles. The van der Waals surface area contributed by atoms with E-state index >= 15 is 0 Å². The molecule has 0 spiro atoms. The summed E-state index contributed by atoms with van der Waals surface area (Å²) < 4.78 is 0. The van der Waals surface area contributed by atoms with Gasteiger partial charge in [0.2, 0.25) is 0 Å². The molecule has 2 heterocycles. The van der Waals surface area contributed by atoms with Crippen molar-refractivity contribution in [2.75, 3.05) is 13.1 Å². The summed E-state index contributed by atoms with van der Waals surface area (Å²) in [5.41, 5.74) is 2.64. The SMILES string of the molecule is Cc1ccc2[nH]c(=O)c(=O)[nH]c2c1CN1CCC2CCCCC2C1. The molecule has 1 aromatic heterocycles. The van der Waals surface area contributed by atoms with E-state index in [1.807, 2.05) is 12.1 Å². The monoisotopic (exact) mass is 327 g/mol. The average Bonchev–Trinajstić information content (AvgIpc) is 2.59. The minimum absolute atomic E-state index is 0.569. The third-order valence-electron chi connectivity index (χ3n) is 6.00. The van der Waals surface area contributed by atoms with Gasteiger partial charge in [0, 0.05) is 13.1 Å². The van der Waals surface area contributed by atoms with Gasteiger partial charge in [0.05, 0.1) is 11.0 Å². The van der Waals surface area contributed by atoms with Crippen LogP contribution in [0, 0.1) is 18.8 Å². The van der Waals surface area contributed by atoms with E-state index in [-0.39, 0.29) is 0 Å². The molecule has 0 radical (unpaired) electrons. The number of aromatic amines is 2. The Morgan fingerprint density at radius 1 is 1.04 bits per heavy atom. The molecule has 2 fully saturated rings. The van der Waals surface area contributed by atoms with Gasteiger partial charge in [-0.25, -0.2) is 0 Å². The lowest BCUT2D eigenvalue weighted by Crippen LogP contribution is -2.41. The van der Waals surface area contributed by atoms with Gasteiger partial charge in [0.25, 0.3) is 0 Å². The van der Waals surface area contributed by atoms with Gasteiger partial charge in [-0.1, -0.05) is 25.3 Å². The van der Waals surface area contributed by atoms with Gasteiger partial charge in [0.1, 0.15) is 0 Å². The maximum absolute atomic E-state index is 11.8. The number of aromatic nitrogens is 2. The summed E-state index contributed by atoms with van der Waals surface area (Å²) in [6, 6.07) is 3.90. The number of hydrogen-bond acceptors (Lipinski definition) is 3. The van der Waals surface area contributed by atoms with Gasteiger partial charge in [-0.2, -0.15) is 0 Å². The summed E-state index contributed by atoms with van der Waals surface area (Å²) in [5, 5.41) is 0. The first-order valence-electron chi connectivity index (χ1n) is 9.09. The molecule has 2 aromatic rings. The van der Waals surface area contributed by atoms with Crippen molar-refractivity contribution < 1.29 is 0 Å². The Balaban J connectivity index is 1.64. The molecule has 2 atom stereocenters. The lowest BCUT2D eigenvalue weighted by molar-refractivity contribution is 0.0822. The van der Waals surface area contributed by atoms with E-state index in [1.165, 1.54) is 32.1 Å². The standard InChI is InChI=1S/C19H25N3O2/c1-12-6-7-16-17(21-19(24)18(23)20-16)15(12)11-22-9-8-13-4-2-3-5-14(13)10-22/h6-7,13-14H,2-5,8-11H2,1H3,(H,20,23)(H,21,24). The predicted molar refractivity (Wildman–Crippen MR) is 95.3 cm³/mol. The van der Waals surface area contributed by atoms with Crippen LogP contribution in [0.1, 0.15) is 43.2 Å². The fraction of sp³-hybridized carbons (Fsp3) is 0.579. The van der Waals surface area contributed by atoms with Crippen molar-refractivity contribution in [2.45, 2.75) is 45.6 Å². The van der Waals surface area contributed by atoms with Crippen molar-refractivity contribution >= 4 is 11.0 Å². The number of H-pyrrole nitrogens is 2. The first kappa shape index (κ1) is 15.6. The number of benzene rings is 1.